The van der Waals surface area contributed by atoms with Gasteiger partial charge in [0.1, 0.15) is 5.82 Å². The Labute approximate surface area is 149 Å². The largest absolute Gasteiger partial charge is 0.387 e. The molecule has 2 rings (SSSR count). The van der Waals surface area contributed by atoms with Crippen molar-refractivity contribution in [2.24, 2.45) is 5.92 Å². The van der Waals surface area contributed by atoms with Gasteiger partial charge < -0.3 is 20.3 Å². The van der Waals surface area contributed by atoms with Crippen LogP contribution in [-0.4, -0.2) is 27.2 Å². The molecule has 25 heavy (non-hydrogen) atoms. The topological polar surface area (TPSA) is 79.2 Å². The van der Waals surface area contributed by atoms with Crippen molar-refractivity contribution in [2.45, 2.75) is 46.9 Å². The molecular formula is C19H28N4O2. The van der Waals surface area contributed by atoms with Crippen LogP contribution in [0.5, 0.6) is 0 Å². The molecule has 1 heterocycles. The number of carbonyl (C=O) groups excluding carboxylic acids is 1. The molecule has 0 aliphatic heterocycles. The van der Waals surface area contributed by atoms with Crippen LogP contribution in [0, 0.1) is 19.8 Å². The van der Waals surface area contributed by atoms with E-state index in [0.717, 1.165) is 29.1 Å². The molecule has 0 radical (unpaired) electrons. The van der Waals surface area contributed by atoms with Gasteiger partial charge >= 0.3 is 6.03 Å². The number of hydrogen-bond donors (Lipinski definition) is 3. The third-order valence-corrected chi connectivity index (χ3v) is 3.86. The molecule has 1 atom stereocenters. The van der Waals surface area contributed by atoms with Crippen LogP contribution in [-0.2, 0) is 13.1 Å². The molecule has 0 saturated carbocycles. The Morgan fingerprint density at radius 3 is 2.52 bits per heavy atom. The summed E-state index contributed by atoms with van der Waals surface area (Å²) in [4.78, 5) is 16.2. The molecule has 0 aliphatic rings. The maximum Gasteiger partial charge on any atom is 0.315 e. The van der Waals surface area contributed by atoms with E-state index in [-0.39, 0.29) is 12.6 Å². The highest BCUT2D eigenvalue weighted by atomic mass is 16.3. The minimum absolute atomic E-state index is 0.162. The Bertz CT molecular complexity index is 689. The third-order valence-electron chi connectivity index (χ3n) is 3.86. The summed E-state index contributed by atoms with van der Waals surface area (Å²) in [6, 6.07) is 5.60. The van der Waals surface area contributed by atoms with E-state index in [1.165, 1.54) is 0 Å². The van der Waals surface area contributed by atoms with Crippen LogP contribution in [0.25, 0.3) is 0 Å². The zero-order chi connectivity index (χ0) is 18.4. The summed E-state index contributed by atoms with van der Waals surface area (Å²) in [5.74, 6) is 1.33. The van der Waals surface area contributed by atoms with Crippen LogP contribution < -0.4 is 10.6 Å². The minimum atomic E-state index is -0.729. The van der Waals surface area contributed by atoms with Crippen molar-refractivity contribution in [2.75, 3.05) is 6.54 Å². The molecule has 0 fully saturated rings. The summed E-state index contributed by atoms with van der Waals surface area (Å²) in [5.41, 5.74) is 3.00. The number of aryl methyl sites for hydroxylation is 2. The maximum absolute atomic E-state index is 12.0. The van der Waals surface area contributed by atoms with Crippen molar-refractivity contribution in [3.05, 3.63) is 53.1 Å². The number of rotatable bonds is 7. The van der Waals surface area contributed by atoms with Crippen LogP contribution in [0.1, 0.15) is 42.5 Å². The number of aliphatic hydroxyl groups excluding tert-OH is 1. The first-order chi connectivity index (χ1) is 11.8. The van der Waals surface area contributed by atoms with E-state index in [0.29, 0.717) is 12.5 Å². The van der Waals surface area contributed by atoms with E-state index in [1.54, 1.807) is 6.20 Å². The molecule has 2 amide bonds. The number of amides is 2. The highest BCUT2D eigenvalue weighted by Gasteiger charge is 2.11. The fourth-order valence-electron chi connectivity index (χ4n) is 2.80. The normalized spacial score (nSPS) is 12.2. The Hall–Kier alpha value is -2.34. The first-order valence-electron chi connectivity index (χ1n) is 8.63. The van der Waals surface area contributed by atoms with E-state index in [1.807, 2.05) is 36.7 Å². The van der Waals surface area contributed by atoms with Gasteiger partial charge in [0.2, 0.25) is 0 Å². The van der Waals surface area contributed by atoms with Crippen molar-refractivity contribution in [1.82, 2.24) is 20.2 Å². The van der Waals surface area contributed by atoms with Gasteiger partial charge in [0.15, 0.2) is 0 Å². The summed E-state index contributed by atoms with van der Waals surface area (Å²) in [6.45, 7) is 9.63. The Morgan fingerprint density at radius 1 is 1.20 bits per heavy atom. The predicted octanol–water partition coefficient (Wildman–Crippen LogP) is 2.69. The summed E-state index contributed by atoms with van der Waals surface area (Å²) < 4.78 is 2.04. The van der Waals surface area contributed by atoms with Gasteiger partial charge in [-0.2, -0.15) is 0 Å². The van der Waals surface area contributed by atoms with Gasteiger partial charge in [-0.3, -0.25) is 0 Å². The summed E-state index contributed by atoms with van der Waals surface area (Å²) in [6.07, 6.45) is 2.92. The molecule has 6 nitrogen and oxygen atoms in total. The number of carbonyl (C=O) groups is 1. The van der Waals surface area contributed by atoms with Crippen molar-refractivity contribution in [3.8, 4) is 0 Å². The number of hydrogen-bond acceptors (Lipinski definition) is 3. The van der Waals surface area contributed by atoms with Gasteiger partial charge in [0.25, 0.3) is 0 Å². The van der Waals surface area contributed by atoms with Crippen LogP contribution in [0.3, 0.4) is 0 Å². The second-order valence-electron chi connectivity index (χ2n) is 6.89. The molecule has 0 saturated heterocycles. The second kappa shape index (κ2) is 8.67. The average molecular weight is 344 g/mol. The molecule has 0 spiro atoms. The van der Waals surface area contributed by atoms with Crippen molar-refractivity contribution < 1.29 is 9.90 Å². The average Bonchev–Trinajstić information content (AvgIpc) is 2.96. The molecule has 2 aromatic rings. The van der Waals surface area contributed by atoms with Crippen molar-refractivity contribution >= 4 is 6.03 Å². The van der Waals surface area contributed by atoms with Gasteiger partial charge in [0.05, 0.1) is 12.6 Å². The SMILES string of the molecule is Cc1cc(C)cc(C(O)CNC(=O)NCc2nccn2CC(C)C)c1. The lowest BCUT2D eigenvalue weighted by molar-refractivity contribution is 0.173. The molecular weight excluding hydrogens is 316 g/mol. The number of benzene rings is 1. The second-order valence-corrected chi connectivity index (χ2v) is 6.89. The fraction of sp³-hybridized carbons (Fsp3) is 0.474. The molecule has 0 bridgehead atoms. The maximum atomic E-state index is 12.0. The molecule has 1 aromatic heterocycles. The molecule has 136 valence electrons. The summed E-state index contributed by atoms with van der Waals surface area (Å²) >= 11 is 0. The van der Waals surface area contributed by atoms with E-state index in [9.17, 15) is 9.90 Å². The van der Waals surface area contributed by atoms with Crippen LogP contribution in [0.2, 0.25) is 0 Å². The summed E-state index contributed by atoms with van der Waals surface area (Å²) in [5, 5.41) is 15.7. The number of imidazole rings is 1. The van der Waals surface area contributed by atoms with Gasteiger partial charge in [-0.1, -0.05) is 43.2 Å². The molecule has 1 unspecified atom stereocenters. The highest BCUT2D eigenvalue weighted by Crippen LogP contribution is 2.16. The predicted molar refractivity (Wildman–Crippen MR) is 98.2 cm³/mol. The third kappa shape index (κ3) is 5.90. The zero-order valence-corrected chi connectivity index (χ0v) is 15.4. The molecule has 1 aromatic carbocycles. The van der Waals surface area contributed by atoms with Crippen LogP contribution >= 0.6 is 0 Å². The molecule has 6 heteroatoms. The van der Waals surface area contributed by atoms with Gasteiger partial charge in [0, 0.05) is 25.5 Å². The Kier molecular flexibility index (Phi) is 6.58. The Balaban J connectivity index is 1.81. The molecule has 3 N–H and O–H groups in total. The first kappa shape index (κ1) is 19.0. The number of urea groups is 1. The van der Waals surface area contributed by atoms with Crippen molar-refractivity contribution in [1.29, 1.82) is 0 Å². The number of aromatic nitrogens is 2. The fourth-order valence-corrected chi connectivity index (χ4v) is 2.80. The van der Waals surface area contributed by atoms with E-state index in [2.05, 4.69) is 35.5 Å². The zero-order valence-electron chi connectivity index (χ0n) is 15.4. The van der Waals surface area contributed by atoms with Gasteiger partial charge in [-0.15, -0.1) is 0 Å². The lowest BCUT2D eigenvalue weighted by Crippen LogP contribution is -2.38. The van der Waals surface area contributed by atoms with E-state index in [4.69, 9.17) is 0 Å². The van der Waals surface area contributed by atoms with Gasteiger partial charge in [-0.05, 0) is 25.3 Å². The number of aliphatic hydroxyl groups is 1. The van der Waals surface area contributed by atoms with E-state index < -0.39 is 6.10 Å². The van der Waals surface area contributed by atoms with Crippen molar-refractivity contribution in [3.63, 3.8) is 0 Å². The lowest BCUT2D eigenvalue weighted by Gasteiger charge is -2.15. The quantitative estimate of drug-likeness (QED) is 0.722. The highest BCUT2D eigenvalue weighted by molar-refractivity contribution is 5.73. The van der Waals surface area contributed by atoms with Crippen LogP contribution in [0.4, 0.5) is 4.79 Å². The summed E-state index contributed by atoms with van der Waals surface area (Å²) in [7, 11) is 0. The Morgan fingerprint density at radius 2 is 1.88 bits per heavy atom. The van der Waals surface area contributed by atoms with Crippen LogP contribution in [0.15, 0.2) is 30.6 Å². The minimum Gasteiger partial charge on any atom is -0.387 e. The number of nitrogens with zero attached hydrogens (tertiary/aromatic N) is 2. The lowest BCUT2D eigenvalue weighted by atomic mass is 10.0. The number of nitrogens with one attached hydrogen (secondary N) is 2. The monoisotopic (exact) mass is 344 g/mol. The van der Waals surface area contributed by atoms with E-state index >= 15 is 0 Å². The first-order valence-corrected chi connectivity index (χ1v) is 8.63. The smallest absolute Gasteiger partial charge is 0.315 e. The van der Waals surface area contributed by atoms with Gasteiger partial charge in [-0.25, -0.2) is 9.78 Å². The molecule has 0 aliphatic carbocycles. The standard InChI is InChI=1S/C19H28N4O2/c1-13(2)12-23-6-5-20-18(23)11-22-19(25)21-10-17(24)16-8-14(3)7-15(4)9-16/h5-9,13,17,24H,10-12H2,1-4H3,(H2,21,22,25).